The molecule has 0 atom stereocenters. The van der Waals surface area contributed by atoms with Crippen molar-refractivity contribution in [2.75, 3.05) is 11.9 Å². The number of benzene rings is 2. The van der Waals surface area contributed by atoms with Gasteiger partial charge in [0, 0.05) is 21.6 Å². The van der Waals surface area contributed by atoms with E-state index in [0.717, 1.165) is 18.2 Å². The number of hydrogen-bond donors (Lipinski definition) is 1. The van der Waals surface area contributed by atoms with Crippen LogP contribution in [0.15, 0.2) is 34.8 Å². The highest BCUT2D eigenvalue weighted by atomic mass is 79.9. The zero-order valence-corrected chi connectivity index (χ0v) is 14.9. The number of nitrogens with zero attached hydrogens (tertiary/aromatic N) is 1. The Morgan fingerprint density at radius 2 is 1.96 bits per heavy atom. The van der Waals surface area contributed by atoms with Crippen molar-refractivity contribution in [2.24, 2.45) is 0 Å². The van der Waals surface area contributed by atoms with Gasteiger partial charge in [0.2, 0.25) is 0 Å². The Morgan fingerprint density at radius 1 is 1.27 bits per heavy atom. The van der Waals surface area contributed by atoms with E-state index in [2.05, 4.69) is 26.0 Å². The largest absolute Gasteiger partial charge is 0.452 e. The lowest BCUT2D eigenvalue weighted by Crippen LogP contribution is -2.22. The van der Waals surface area contributed by atoms with Crippen LogP contribution in [0.3, 0.4) is 0 Å². The van der Waals surface area contributed by atoms with Gasteiger partial charge in [0.25, 0.3) is 11.6 Å². The maximum Gasteiger partial charge on any atom is 0.345 e. The quantitative estimate of drug-likeness (QED) is 0.421. The summed E-state index contributed by atoms with van der Waals surface area (Å²) in [7, 11) is 0. The van der Waals surface area contributed by atoms with Crippen molar-refractivity contribution in [3.8, 4) is 0 Å². The summed E-state index contributed by atoms with van der Waals surface area (Å²) in [6, 6.07) is 4.75. The van der Waals surface area contributed by atoms with Crippen LogP contribution in [0, 0.1) is 21.7 Å². The standard InChI is InChI=1S/C15H8BrClF2N2O5/c16-10-4-8(18)5-11(19)14(10)20-13(22)6-26-15(23)9-3-7(17)1-2-12(9)21(24)25/h1-5H,6H2,(H,20,22). The molecule has 0 saturated carbocycles. The second-order valence-electron chi connectivity index (χ2n) is 4.79. The monoisotopic (exact) mass is 448 g/mol. The molecule has 0 fully saturated rings. The molecule has 0 unspecified atom stereocenters. The first-order chi connectivity index (χ1) is 12.2. The Balaban J connectivity index is 2.08. The number of esters is 1. The average molecular weight is 450 g/mol. The summed E-state index contributed by atoms with van der Waals surface area (Å²) in [6.45, 7) is -0.855. The topological polar surface area (TPSA) is 98.5 Å². The summed E-state index contributed by atoms with van der Waals surface area (Å²) >= 11 is 8.58. The van der Waals surface area contributed by atoms with E-state index >= 15 is 0 Å². The van der Waals surface area contributed by atoms with Crippen LogP contribution < -0.4 is 5.32 Å². The number of rotatable bonds is 5. The van der Waals surface area contributed by atoms with Crippen molar-refractivity contribution >= 4 is 50.8 Å². The maximum atomic E-state index is 13.6. The third-order valence-corrected chi connectivity index (χ3v) is 3.84. The fraction of sp³-hybridized carbons (Fsp3) is 0.0667. The fourth-order valence-electron chi connectivity index (χ4n) is 1.88. The first-order valence-corrected chi connectivity index (χ1v) is 7.91. The first kappa shape index (κ1) is 19.7. The SMILES string of the molecule is O=C(COC(=O)c1cc(Cl)ccc1[N+](=O)[O-])Nc1c(F)cc(F)cc1Br. The van der Waals surface area contributed by atoms with Crippen LogP contribution in [0.2, 0.25) is 5.02 Å². The van der Waals surface area contributed by atoms with Gasteiger partial charge in [0.05, 0.1) is 10.6 Å². The normalized spacial score (nSPS) is 10.3. The van der Waals surface area contributed by atoms with Gasteiger partial charge < -0.3 is 10.1 Å². The van der Waals surface area contributed by atoms with E-state index in [0.29, 0.717) is 6.07 Å². The molecule has 0 bridgehead atoms. The Labute approximate surface area is 158 Å². The van der Waals surface area contributed by atoms with E-state index in [1.54, 1.807) is 0 Å². The number of nitrogens with one attached hydrogen (secondary N) is 1. The molecule has 26 heavy (non-hydrogen) atoms. The minimum absolute atomic E-state index is 0.0554. The molecule has 1 N–H and O–H groups in total. The van der Waals surface area contributed by atoms with E-state index in [1.165, 1.54) is 6.07 Å². The van der Waals surface area contributed by atoms with Gasteiger partial charge in [0.1, 0.15) is 11.4 Å². The zero-order chi connectivity index (χ0) is 19.4. The number of nitro benzene ring substituents is 1. The summed E-state index contributed by atoms with van der Waals surface area (Å²) in [5, 5.41) is 13.1. The van der Waals surface area contributed by atoms with Crippen molar-refractivity contribution in [2.45, 2.75) is 0 Å². The summed E-state index contributed by atoms with van der Waals surface area (Å²) in [5.41, 5.74) is -1.34. The van der Waals surface area contributed by atoms with E-state index in [4.69, 9.17) is 11.6 Å². The van der Waals surface area contributed by atoms with Crippen molar-refractivity contribution < 1.29 is 28.0 Å². The molecular weight excluding hydrogens is 442 g/mol. The first-order valence-electron chi connectivity index (χ1n) is 6.74. The molecule has 7 nitrogen and oxygen atoms in total. The molecule has 11 heteroatoms. The molecule has 0 aromatic heterocycles. The number of nitro groups is 1. The van der Waals surface area contributed by atoms with Crippen molar-refractivity contribution in [3.63, 3.8) is 0 Å². The predicted molar refractivity (Wildman–Crippen MR) is 91.1 cm³/mol. The molecule has 2 rings (SSSR count). The molecular formula is C15H8BrClF2N2O5. The molecule has 0 radical (unpaired) electrons. The van der Waals surface area contributed by atoms with Crippen LogP contribution in [0.1, 0.15) is 10.4 Å². The average Bonchev–Trinajstić information content (AvgIpc) is 2.55. The molecule has 1 amide bonds. The van der Waals surface area contributed by atoms with Gasteiger partial charge in [0.15, 0.2) is 12.4 Å². The van der Waals surface area contributed by atoms with E-state index in [-0.39, 0.29) is 15.2 Å². The Hall–Kier alpha value is -2.59. The van der Waals surface area contributed by atoms with Gasteiger partial charge in [-0.05, 0) is 34.1 Å². The molecule has 0 saturated heterocycles. The number of anilines is 1. The summed E-state index contributed by atoms with van der Waals surface area (Å²) in [6.07, 6.45) is 0. The molecule has 0 aliphatic heterocycles. The molecule has 136 valence electrons. The Morgan fingerprint density at radius 3 is 2.58 bits per heavy atom. The number of amides is 1. The Bertz CT molecular complexity index is 887. The Kier molecular flexibility index (Phi) is 6.22. The van der Waals surface area contributed by atoms with Crippen LogP contribution in [0.4, 0.5) is 20.2 Å². The van der Waals surface area contributed by atoms with Gasteiger partial charge in [-0.3, -0.25) is 14.9 Å². The highest BCUT2D eigenvalue weighted by Gasteiger charge is 2.23. The highest BCUT2D eigenvalue weighted by molar-refractivity contribution is 9.10. The number of halogens is 4. The van der Waals surface area contributed by atoms with Gasteiger partial charge in [-0.1, -0.05) is 11.6 Å². The smallest absolute Gasteiger partial charge is 0.345 e. The molecule has 0 spiro atoms. The lowest BCUT2D eigenvalue weighted by atomic mass is 10.2. The molecule has 2 aromatic rings. The van der Waals surface area contributed by atoms with Gasteiger partial charge >= 0.3 is 5.97 Å². The number of carbonyl (C=O) groups excluding carboxylic acids is 2. The molecule has 2 aromatic carbocycles. The van der Waals surface area contributed by atoms with Crippen LogP contribution in [-0.2, 0) is 9.53 Å². The van der Waals surface area contributed by atoms with Crippen molar-refractivity contribution in [3.05, 3.63) is 67.1 Å². The second kappa shape index (κ2) is 8.19. The molecule has 0 aliphatic carbocycles. The van der Waals surface area contributed by atoms with E-state index in [1.807, 2.05) is 0 Å². The van der Waals surface area contributed by atoms with E-state index in [9.17, 15) is 28.5 Å². The van der Waals surface area contributed by atoms with E-state index < -0.39 is 46.3 Å². The van der Waals surface area contributed by atoms with Gasteiger partial charge in [-0.2, -0.15) is 0 Å². The van der Waals surface area contributed by atoms with Crippen LogP contribution >= 0.6 is 27.5 Å². The lowest BCUT2D eigenvalue weighted by molar-refractivity contribution is -0.385. The lowest BCUT2D eigenvalue weighted by Gasteiger charge is -2.09. The number of hydrogen-bond acceptors (Lipinski definition) is 5. The summed E-state index contributed by atoms with van der Waals surface area (Å²) < 4.78 is 31.3. The molecule has 0 aliphatic rings. The van der Waals surface area contributed by atoms with Crippen molar-refractivity contribution in [1.29, 1.82) is 0 Å². The van der Waals surface area contributed by atoms with Crippen LogP contribution in [0.5, 0.6) is 0 Å². The second-order valence-corrected chi connectivity index (χ2v) is 6.08. The van der Waals surface area contributed by atoms with Gasteiger partial charge in [-0.15, -0.1) is 0 Å². The number of ether oxygens (including phenoxy) is 1. The fourth-order valence-corrected chi connectivity index (χ4v) is 2.56. The van der Waals surface area contributed by atoms with Gasteiger partial charge in [-0.25, -0.2) is 13.6 Å². The summed E-state index contributed by atoms with van der Waals surface area (Å²) in [5.74, 6) is -3.99. The molecule has 0 heterocycles. The third-order valence-electron chi connectivity index (χ3n) is 2.98. The van der Waals surface area contributed by atoms with Crippen LogP contribution in [-0.4, -0.2) is 23.4 Å². The zero-order valence-electron chi connectivity index (χ0n) is 12.6. The number of carbonyl (C=O) groups is 2. The highest BCUT2D eigenvalue weighted by Crippen LogP contribution is 2.27. The van der Waals surface area contributed by atoms with Crippen LogP contribution in [0.25, 0.3) is 0 Å². The van der Waals surface area contributed by atoms with Crippen molar-refractivity contribution in [1.82, 2.24) is 0 Å². The summed E-state index contributed by atoms with van der Waals surface area (Å²) in [4.78, 5) is 33.9. The minimum Gasteiger partial charge on any atom is -0.452 e. The minimum atomic E-state index is -1.16. The predicted octanol–water partition coefficient (Wildman–Crippen LogP) is 4.08. The third kappa shape index (κ3) is 4.73. The maximum absolute atomic E-state index is 13.6.